The lowest BCUT2D eigenvalue weighted by atomic mass is 10.1. The van der Waals surface area contributed by atoms with Crippen LogP contribution in [0, 0.1) is 0 Å². The quantitative estimate of drug-likeness (QED) is 0.0204. The summed E-state index contributed by atoms with van der Waals surface area (Å²) in [6.45, 7) is 6.00. The normalized spacial score (nSPS) is 13.8. The van der Waals surface area contributed by atoms with E-state index in [4.69, 9.17) is 14.2 Å². The summed E-state index contributed by atoms with van der Waals surface area (Å²) in [6.07, 6.45) is 73.5. The maximum Gasteiger partial charge on any atom is 0.309 e. The van der Waals surface area contributed by atoms with Crippen molar-refractivity contribution in [3.63, 3.8) is 0 Å². The molecule has 0 fully saturated rings. The number of allylic oxidation sites excluding steroid dienone is 29. The number of ether oxygens (including phenoxy) is 3. The Morgan fingerprint density at radius 1 is 0.355 bits per heavy atom. The molecule has 1 unspecified atom stereocenters. The highest BCUT2D eigenvalue weighted by molar-refractivity contribution is 5.72. The predicted octanol–water partition coefficient (Wildman–Crippen LogP) is 15.0. The Labute approximate surface area is 376 Å². The minimum Gasteiger partial charge on any atom is -0.462 e. The molecule has 0 aromatic heterocycles. The molecular formula is C56H78O6. The highest BCUT2D eigenvalue weighted by atomic mass is 16.6. The van der Waals surface area contributed by atoms with E-state index in [-0.39, 0.29) is 38.4 Å². The zero-order valence-corrected chi connectivity index (χ0v) is 38.3. The Balaban J connectivity index is 4.68. The second-order valence-corrected chi connectivity index (χ2v) is 14.0. The Morgan fingerprint density at radius 2 is 0.758 bits per heavy atom. The maximum absolute atomic E-state index is 12.7. The minimum atomic E-state index is -0.881. The van der Waals surface area contributed by atoms with E-state index in [1.54, 1.807) is 6.08 Å². The standard InChI is InChI=1S/C56H78O6/c1-4-7-10-13-16-19-21-23-25-27-28-29-31-32-34-37-40-43-46-49-55(58)61-52-53(51-60-54(57)48-45-42-39-36-18-15-12-9-6-3)62-56(59)50-47-44-41-38-35-33-30-26-24-22-20-17-14-11-8-5-2/h7-13,16-21,23-29,31-36,41-42,44-45,53H,4-6,14-15,22,30,37-40,43,46-52H2,1-3H3/b10-7-,11-8-,12-9-,16-13-,20-17-,21-19-,25-23-,26-24-,28-27+,31-29-,34-32-,35-33-,36-18-,44-41-,45-42-. The Hall–Kier alpha value is -5.49. The molecule has 62 heavy (non-hydrogen) atoms. The minimum absolute atomic E-state index is 0.0997. The van der Waals surface area contributed by atoms with E-state index in [0.29, 0.717) is 12.8 Å². The molecule has 0 aromatic rings. The number of esters is 3. The number of unbranched alkanes of at least 4 members (excludes halogenated alkanes) is 3. The van der Waals surface area contributed by atoms with Crippen LogP contribution in [0.2, 0.25) is 0 Å². The first kappa shape index (κ1) is 56.5. The van der Waals surface area contributed by atoms with Crippen LogP contribution in [0.3, 0.4) is 0 Å². The molecular weight excluding hydrogens is 769 g/mol. The SMILES string of the molecule is CC\C=C/C=C\C=C/C=C\C=C\C=C/C=C\CCCCCC(=O)OCC(COC(=O)C/C=C\C/C=C\C/C=C\CC)OC(=O)CC/C=C\C/C=C\C/C=C\C/C=C\C/C=C\CC. The van der Waals surface area contributed by atoms with E-state index in [1.165, 1.54) is 0 Å². The summed E-state index contributed by atoms with van der Waals surface area (Å²) in [5.41, 5.74) is 0. The first-order valence-corrected chi connectivity index (χ1v) is 22.9. The Morgan fingerprint density at radius 3 is 1.24 bits per heavy atom. The fourth-order valence-corrected chi connectivity index (χ4v) is 5.06. The maximum atomic E-state index is 12.7. The fraction of sp³-hybridized carbons (Fsp3) is 0.411. The molecule has 6 heteroatoms. The van der Waals surface area contributed by atoms with Gasteiger partial charge in [0.15, 0.2) is 6.10 Å². The largest absolute Gasteiger partial charge is 0.462 e. The van der Waals surface area contributed by atoms with Crippen LogP contribution < -0.4 is 0 Å². The monoisotopic (exact) mass is 847 g/mol. The summed E-state index contributed by atoms with van der Waals surface area (Å²) in [5, 5.41) is 0. The molecule has 0 saturated carbocycles. The average molecular weight is 847 g/mol. The molecule has 0 saturated heterocycles. The van der Waals surface area contributed by atoms with Gasteiger partial charge in [0.05, 0.1) is 6.42 Å². The van der Waals surface area contributed by atoms with Crippen molar-refractivity contribution in [2.75, 3.05) is 13.2 Å². The summed E-state index contributed by atoms with van der Waals surface area (Å²) in [5.74, 6) is -1.25. The first-order chi connectivity index (χ1) is 30.5. The van der Waals surface area contributed by atoms with E-state index in [1.807, 2.05) is 97.2 Å². The third-order valence-corrected chi connectivity index (χ3v) is 8.38. The second kappa shape index (κ2) is 48.2. The van der Waals surface area contributed by atoms with Gasteiger partial charge < -0.3 is 14.2 Å². The Kier molecular flexibility index (Phi) is 43.9. The van der Waals surface area contributed by atoms with Crippen LogP contribution >= 0.6 is 0 Å². The van der Waals surface area contributed by atoms with E-state index < -0.39 is 18.0 Å². The molecule has 0 spiro atoms. The van der Waals surface area contributed by atoms with E-state index >= 15 is 0 Å². The number of hydrogen-bond donors (Lipinski definition) is 0. The molecule has 0 aliphatic heterocycles. The van der Waals surface area contributed by atoms with Crippen molar-refractivity contribution < 1.29 is 28.6 Å². The summed E-state index contributed by atoms with van der Waals surface area (Å²) >= 11 is 0. The zero-order chi connectivity index (χ0) is 45.1. The van der Waals surface area contributed by atoms with Crippen LogP contribution in [0.4, 0.5) is 0 Å². The third kappa shape index (κ3) is 45.6. The van der Waals surface area contributed by atoms with E-state index in [2.05, 4.69) is 99.8 Å². The lowest BCUT2D eigenvalue weighted by Gasteiger charge is -2.18. The van der Waals surface area contributed by atoms with Crippen molar-refractivity contribution in [2.45, 2.75) is 136 Å². The number of carbonyl (C=O) groups excluding carboxylic acids is 3. The number of rotatable bonds is 37. The average Bonchev–Trinajstić information content (AvgIpc) is 3.27. The molecule has 338 valence electrons. The molecule has 0 bridgehead atoms. The molecule has 0 radical (unpaired) electrons. The third-order valence-electron chi connectivity index (χ3n) is 8.38. The van der Waals surface area contributed by atoms with E-state index in [0.717, 1.165) is 77.0 Å². The van der Waals surface area contributed by atoms with Crippen molar-refractivity contribution in [1.82, 2.24) is 0 Å². The van der Waals surface area contributed by atoms with Gasteiger partial charge in [-0.2, -0.15) is 0 Å². The van der Waals surface area contributed by atoms with Crippen molar-refractivity contribution >= 4 is 17.9 Å². The molecule has 0 amide bonds. The topological polar surface area (TPSA) is 78.9 Å². The smallest absolute Gasteiger partial charge is 0.309 e. The van der Waals surface area contributed by atoms with Crippen molar-refractivity contribution in [1.29, 1.82) is 0 Å². The summed E-state index contributed by atoms with van der Waals surface area (Å²) in [4.78, 5) is 37.7. The van der Waals surface area contributed by atoms with Crippen LogP contribution in [-0.4, -0.2) is 37.2 Å². The lowest BCUT2D eigenvalue weighted by Crippen LogP contribution is -2.30. The van der Waals surface area contributed by atoms with Gasteiger partial charge in [-0.3, -0.25) is 14.4 Å². The highest BCUT2D eigenvalue weighted by Gasteiger charge is 2.19. The highest BCUT2D eigenvalue weighted by Crippen LogP contribution is 2.08. The van der Waals surface area contributed by atoms with Gasteiger partial charge in [-0.25, -0.2) is 0 Å². The van der Waals surface area contributed by atoms with Crippen LogP contribution in [0.15, 0.2) is 182 Å². The number of hydrogen-bond acceptors (Lipinski definition) is 6. The van der Waals surface area contributed by atoms with Crippen LogP contribution in [0.5, 0.6) is 0 Å². The summed E-state index contributed by atoms with van der Waals surface area (Å²) < 4.78 is 16.5. The zero-order valence-electron chi connectivity index (χ0n) is 38.3. The van der Waals surface area contributed by atoms with Gasteiger partial charge in [-0.05, 0) is 83.5 Å². The van der Waals surface area contributed by atoms with Gasteiger partial charge in [0.1, 0.15) is 13.2 Å². The van der Waals surface area contributed by atoms with Crippen molar-refractivity contribution in [2.24, 2.45) is 0 Å². The molecule has 0 aliphatic carbocycles. The van der Waals surface area contributed by atoms with Gasteiger partial charge in [0.25, 0.3) is 0 Å². The van der Waals surface area contributed by atoms with E-state index in [9.17, 15) is 14.4 Å². The van der Waals surface area contributed by atoms with Crippen LogP contribution in [0.1, 0.15) is 130 Å². The van der Waals surface area contributed by atoms with Gasteiger partial charge >= 0.3 is 17.9 Å². The van der Waals surface area contributed by atoms with Gasteiger partial charge in [-0.15, -0.1) is 0 Å². The second-order valence-electron chi connectivity index (χ2n) is 14.0. The molecule has 0 aliphatic rings. The van der Waals surface area contributed by atoms with Crippen molar-refractivity contribution in [3.05, 3.63) is 182 Å². The molecule has 0 heterocycles. The van der Waals surface area contributed by atoms with Gasteiger partial charge in [0.2, 0.25) is 0 Å². The molecule has 0 rings (SSSR count). The summed E-state index contributed by atoms with van der Waals surface area (Å²) in [6, 6.07) is 0. The lowest BCUT2D eigenvalue weighted by molar-refractivity contribution is -0.166. The molecule has 0 aromatic carbocycles. The summed E-state index contributed by atoms with van der Waals surface area (Å²) in [7, 11) is 0. The number of carbonyl (C=O) groups is 3. The van der Waals surface area contributed by atoms with Gasteiger partial charge in [-0.1, -0.05) is 209 Å². The molecule has 1 atom stereocenters. The fourth-order valence-electron chi connectivity index (χ4n) is 5.06. The molecule has 0 N–H and O–H groups in total. The van der Waals surface area contributed by atoms with Gasteiger partial charge in [0, 0.05) is 12.8 Å². The molecule has 6 nitrogen and oxygen atoms in total. The predicted molar refractivity (Wildman–Crippen MR) is 264 cm³/mol. The first-order valence-electron chi connectivity index (χ1n) is 22.9. The van der Waals surface area contributed by atoms with Crippen LogP contribution in [0.25, 0.3) is 0 Å². The van der Waals surface area contributed by atoms with Crippen LogP contribution in [-0.2, 0) is 28.6 Å². The van der Waals surface area contributed by atoms with Crippen molar-refractivity contribution in [3.8, 4) is 0 Å². The Bertz CT molecular complexity index is 1580.